The van der Waals surface area contributed by atoms with Gasteiger partial charge in [0.15, 0.2) is 11.5 Å². The molecule has 122 valence electrons. The monoisotopic (exact) mass is 314 g/mol. The minimum Gasteiger partial charge on any atom is -0.493 e. The van der Waals surface area contributed by atoms with E-state index in [2.05, 4.69) is 33.8 Å². The number of anilines is 1. The predicted molar refractivity (Wildman–Crippen MR) is 93.1 cm³/mol. The summed E-state index contributed by atoms with van der Waals surface area (Å²) in [6.07, 6.45) is 4.03. The van der Waals surface area contributed by atoms with Crippen LogP contribution in [0.2, 0.25) is 0 Å². The highest BCUT2D eigenvalue weighted by atomic mass is 16.5. The molecule has 6 nitrogen and oxygen atoms in total. The molecule has 0 saturated carbocycles. The van der Waals surface area contributed by atoms with E-state index >= 15 is 0 Å². The number of ether oxygens (including phenoxy) is 2. The van der Waals surface area contributed by atoms with Crippen LogP contribution in [-0.4, -0.2) is 37.3 Å². The van der Waals surface area contributed by atoms with E-state index in [4.69, 9.17) is 9.47 Å². The van der Waals surface area contributed by atoms with E-state index in [0.29, 0.717) is 29.6 Å². The van der Waals surface area contributed by atoms with E-state index in [1.165, 1.54) is 6.33 Å². The van der Waals surface area contributed by atoms with Gasteiger partial charge in [-0.2, -0.15) is 0 Å². The molecule has 0 bridgehead atoms. The number of methoxy groups -OCH3 is 1. The lowest BCUT2D eigenvalue weighted by molar-refractivity contribution is 0.289. The highest BCUT2D eigenvalue weighted by molar-refractivity contribution is 5.92. The molecule has 0 aliphatic carbocycles. The predicted octanol–water partition coefficient (Wildman–Crippen LogP) is 2.74. The van der Waals surface area contributed by atoms with E-state index in [1.807, 2.05) is 19.2 Å². The molecule has 1 aromatic heterocycles. The van der Waals surface area contributed by atoms with Gasteiger partial charge in [-0.25, -0.2) is 9.97 Å². The molecule has 0 fully saturated rings. The van der Waals surface area contributed by atoms with Gasteiger partial charge in [-0.15, -0.1) is 0 Å². The van der Waals surface area contributed by atoms with Crippen molar-refractivity contribution in [1.29, 1.82) is 0 Å². The zero-order chi connectivity index (χ0) is 16.7. The van der Waals surface area contributed by atoms with Gasteiger partial charge in [-0.3, -0.25) is 0 Å². The van der Waals surface area contributed by atoms with E-state index in [0.717, 1.165) is 23.9 Å². The Kier molecular flexibility index (Phi) is 5.94. The van der Waals surface area contributed by atoms with Crippen molar-refractivity contribution in [3.05, 3.63) is 43.4 Å². The third-order valence-electron chi connectivity index (χ3n) is 3.27. The van der Waals surface area contributed by atoms with E-state index in [1.54, 1.807) is 13.2 Å². The molecule has 6 heteroatoms. The summed E-state index contributed by atoms with van der Waals surface area (Å²) in [7, 11) is 3.53. The number of nitrogens with zero attached hydrogens (tertiary/aromatic N) is 2. The zero-order valence-electron chi connectivity index (χ0n) is 13.6. The Morgan fingerprint density at radius 2 is 2.13 bits per heavy atom. The van der Waals surface area contributed by atoms with E-state index in [9.17, 15) is 0 Å². The average molecular weight is 314 g/mol. The Hall–Kier alpha value is -2.60. The molecule has 0 spiro atoms. The molecule has 0 unspecified atom stereocenters. The summed E-state index contributed by atoms with van der Waals surface area (Å²) in [5.74, 6) is 1.97. The fraction of sp³-hybridized carbons (Fsp3) is 0.294. The minimum atomic E-state index is 0.596. The summed E-state index contributed by atoms with van der Waals surface area (Å²) in [6, 6.07) is 3.72. The second-order valence-electron chi connectivity index (χ2n) is 4.90. The molecule has 0 amide bonds. The summed E-state index contributed by atoms with van der Waals surface area (Å²) in [4.78, 5) is 8.55. The molecular weight excluding hydrogens is 292 g/mol. The maximum atomic E-state index is 5.83. The molecule has 0 aliphatic rings. The fourth-order valence-electron chi connectivity index (χ4n) is 2.07. The van der Waals surface area contributed by atoms with Gasteiger partial charge >= 0.3 is 0 Å². The van der Waals surface area contributed by atoms with Crippen molar-refractivity contribution in [3.63, 3.8) is 0 Å². The quantitative estimate of drug-likeness (QED) is 0.548. The molecule has 1 aromatic carbocycles. The molecule has 0 radical (unpaired) electrons. The van der Waals surface area contributed by atoms with Gasteiger partial charge in [0.2, 0.25) is 0 Å². The summed E-state index contributed by atoms with van der Waals surface area (Å²) >= 11 is 0. The number of hydrogen-bond donors (Lipinski definition) is 2. The number of fused-ring (bicyclic) bond motifs is 1. The summed E-state index contributed by atoms with van der Waals surface area (Å²) in [6.45, 7) is 9.02. The van der Waals surface area contributed by atoms with Crippen molar-refractivity contribution in [3.8, 4) is 11.5 Å². The van der Waals surface area contributed by atoms with Crippen LogP contribution in [0.5, 0.6) is 11.5 Å². The van der Waals surface area contributed by atoms with Crippen LogP contribution in [0.3, 0.4) is 0 Å². The fourth-order valence-corrected chi connectivity index (χ4v) is 2.07. The lowest BCUT2D eigenvalue weighted by Crippen LogP contribution is -2.11. The van der Waals surface area contributed by atoms with Crippen molar-refractivity contribution < 1.29 is 9.47 Å². The number of aromatic nitrogens is 2. The average Bonchev–Trinajstić information content (AvgIpc) is 2.58. The van der Waals surface area contributed by atoms with Gasteiger partial charge in [0.1, 0.15) is 12.1 Å². The Balaban J connectivity index is 2.35. The highest BCUT2D eigenvalue weighted by Gasteiger charge is 2.11. The second kappa shape index (κ2) is 8.14. The highest BCUT2D eigenvalue weighted by Crippen LogP contribution is 2.34. The number of nitrogens with one attached hydrogen (secondary N) is 2. The molecule has 23 heavy (non-hydrogen) atoms. The first-order valence-electron chi connectivity index (χ1n) is 7.38. The molecule has 2 rings (SSSR count). The summed E-state index contributed by atoms with van der Waals surface area (Å²) < 4.78 is 11.2. The van der Waals surface area contributed by atoms with Crippen LogP contribution >= 0.6 is 0 Å². The number of benzene rings is 1. The smallest absolute Gasteiger partial charge is 0.162 e. The largest absolute Gasteiger partial charge is 0.493 e. The third-order valence-corrected chi connectivity index (χ3v) is 3.27. The van der Waals surface area contributed by atoms with Crippen LogP contribution in [0, 0.1) is 0 Å². The molecule has 0 aliphatic heterocycles. The standard InChI is InChI=1S/C17H22N4O2/c1-5-12(2)21-17-13-9-16(23-8-6-7-18-3)15(22-4)10-14(13)19-11-20-17/h5,9-11,18H,1-2,6-8H2,3-4H3,(H,19,20,21). The first-order chi connectivity index (χ1) is 11.2. The van der Waals surface area contributed by atoms with Gasteiger partial charge in [0.05, 0.1) is 19.2 Å². The lowest BCUT2D eigenvalue weighted by atomic mass is 10.2. The van der Waals surface area contributed by atoms with Crippen LogP contribution in [0.4, 0.5) is 5.82 Å². The van der Waals surface area contributed by atoms with Crippen molar-refractivity contribution in [1.82, 2.24) is 15.3 Å². The van der Waals surface area contributed by atoms with Gasteiger partial charge in [0.25, 0.3) is 0 Å². The number of allylic oxidation sites excluding steroid dienone is 1. The normalized spacial score (nSPS) is 10.3. The van der Waals surface area contributed by atoms with Crippen LogP contribution in [0.1, 0.15) is 6.42 Å². The Labute approximate surface area is 136 Å². The van der Waals surface area contributed by atoms with Gasteiger partial charge < -0.3 is 20.1 Å². The van der Waals surface area contributed by atoms with E-state index in [-0.39, 0.29) is 0 Å². The molecule has 2 aromatic rings. The van der Waals surface area contributed by atoms with Crippen LogP contribution in [0.15, 0.2) is 43.4 Å². The summed E-state index contributed by atoms with van der Waals surface area (Å²) in [5.41, 5.74) is 1.43. The number of rotatable bonds is 9. The van der Waals surface area contributed by atoms with Crippen molar-refractivity contribution in [2.24, 2.45) is 0 Å². The Morgan fingerprint density at radius 3 is 2.83 bits per heavy atom. The van der Waals surface area contributed by atoms with Crippen molar-refractivity contribution in [2.45, 2.75) is 6.42 Å². The zero-order valence-corrected chi connectivity index (χ0v) is 13.6. The van der Waals surface area contributed by atoms with Crippen LogP contribution in [-0.2, 0) is 0 Å². The van der Waals surface area contributed by atoms with Gasteiger partial charge in [-0.05, 0) is 32.2 Å². The first kappa shape index (κ1) is 16.8. The van der Waals surface area contributed by atoms with Crippen LogP contribution in [0.25, 0.3) is 10.9 Å². The second-order valence-corrected chi connectivity index (χ2v) is 4.90. The summed E-state index contributed by atoms with van der Waals surface area (Å²) in [5, 5.41) is 7.03. The van der Waals surface area contributed by atoms with Crippen LogP contribution < -0.4 is 20.1 Å². The first-order valence-corrected chi connectivity index (χ1v) is 7.38. The molecular formula is C17H22N4O2. The Bertz CT molecular complexity index is 700. The molecule has 0 saturated heterocycles. The maximum Gasteiger partial charge on any atom is 0.162 e. The third kappa shape index (κ3) is 4.20. The van der Waals surface area contributed by atoms with E-state index < -0.39 is 0 Å². The van der Waals surface area contributed by atoms with Gasteiger partial charge in [-0.1, -0.05) is 13.2 Å². The SMILES string of the molecule is C=CC(=C)Nc1ncnc2cc(OC)c(OCCCNC)cc12. The molecule has 1 heterocycles. The van der Waals surface area contributed by atoms with Crippen molar-refractivity contribution >= 4 is 16.7 Å². The Morgan fingerprint density at radius 1 is 1.30 bits per heavy atom. The number of hydrogen-bond acceptors (Lipinski definition) is 6. The van der Waals surface area contributed by atoms with Crippen molar-refractivity contribution in [2.75, 3.05) is 32.6 Å². The maximum absolute atomic E-state index is 5.83. The molecule has 0 atom stereocenters. The molecule has 2 N–H and O–H groups in total. The lowest BCUT2D eigenvalue weighted by Gasteiger charge is -2.13. The topological polar surface area (TPSA) is 68.3 Å². The minimum absolute atomic E-state index is 0.596. The van der Waals surface area contributed by atoms with Gasteiger partial charge in [0, 0.05) is 17.1 Å².